The van der Waals surface area contributed by atoms with Crippen molar-refractivity contribution in [2.75, 3.05) is 33.9 Å². The number of rotatable bonds is 13. The number of carbonyl (C=O) groups excluding carboxylic acids is 1. The summed E-state index contributed by atoms with van der Waals surface area (Å²) < 4.78 is 16.7. The highest BCUT2D eigenvalue weighted by atomic mass is 16.6. The van der Waals surface area contributed by atoms with E-state index in [0.29, 0.717) is 19.6 Å². The van der Waals surface area contributed by atoms with Gasteiger partial charge in [0.25, 0.3) is 0 Å². The third-order valence-corrected chi connectivity index (χ3v) is 8.66. The van der Waals surface area contributed by atoms with Crippen LogP contribution >= 0.6 is 0 Å². The average molecular weight is 592 g/mol. The topological polar surface area (TPSA) is 48.0 Å². The lowest BCUT2D eigenvalue weighted by Crippen LogP contribution is -2.30. The van der Waals surface area contributed by atoms with Gasteiger partial charge in [0.05, 0.1) is 12.6 Å². The van der Waals surface area contributed by atoms with E-state index in [4.69, 9.17) is 14.2 Å². The molecule has 5 nitrogen and oxygen atoms in total. The number of nitrogens with zero attached hydrogens (tertiary/aromatic N) is 1. The highest BCUT2D eigenvalue weighted by molar-refractivity contribution is 5.75. The Kier molecular flexibility index (Phi) is 10.9. The molecule has 2 atom stereocenters. The van der Waals surface area contributed by atoms with E-state index < -0.39 is 6.10 Å². The molecule has 0 aliphatic heterocycles. The largest absolute Gasteiger partial charge is 0.492 e. The predicted octanol–water partition coefficient (Wildman–Crippen LogP) is 7.16. The second-order valence-electron chi connectivity index (χ2n) is 11.6. The minimum atomic E-state index is -0.608. The van der Waals surface area contributed by atoms with E-state index in [1.165, 1.54) is 46.1 Å². The zero-order valence-electron chi connectivity index (χ0n) is 26.6. The maximum Gasteiger partial charge on any atom is 0.335 e. The summed E-state index contributed by atoms with van der Waals surface area (Å²) in [6.45, 7) is 5.72. The molecule has 0 aromatic heterocycles. The minimum Gasteiger partial charge on any atom is -0.492 e. The van der Waals surface area contributed by atoms with Crippen LogP contribution in [0.2, 0.25) is 0 Å². The van der Waals surface area contributed by atoms with Crippen molar-refractivity contribution >= 4 is 5.97 Å². The Morgan fingerprint density at radius 1 is 0.818 bits per heavy atom. The van der Waals surface area contributed by atoms with Crippen molar-refractivity contribution in [3.8, 4) is 5.75 Å². The number of hydrogen-bond acceptors (Lipinski definition) is 5. The molecule has 1 aliphatic rings. The number of carbonyl (C=O) groups is 1. The third kappa shape index (κ3) is 7.77. The fourth-order valence-corrected chi connectivity index (χ4v) is 6.21. The van der Waals surface area contributed by atoms with Crippen molar-refractivity contribution in [3.05, 3.63) is 136 Å². The first-order valence-electron chi connectivity index (χ1n) is 15.9. The number of likely N-dealkylation sites (N-methyl/N-ethyl adjacent to an activating group) is 1. The Balaban J connectivity index is 1.30. The van der Waals surface area contributed by atoms with E-state index in [9.17, 15) is 4.79 Å². The predicted molar refractivity (Wildman–Crippen MR) is 176 cm³/mol. The van der Waals surface area contributed by atoms with Gasteiger partial charge in [0.15, 0.2) is 6.10 Å². The van der Waals surface area contributed by atoms with Crippen LogP contribution in [0, 0.1) is 0 Å². The molecule has 5 heteroatoms. The normalized spacial score (nSPS) is 14.8. The van der Waals surface area contributed by atoms with Crippen molar-refractivity contribution in [1.29, 1.82) is 0 Å². The van der Waals surface area contributed by atoms with Crippen molar-refractivity contribution < 1.29 is 19.0 Å². The Morgan fingerprint density at radius 2 is 1.55 bits per heavy atom. The second kappa shape index (κ2) is 15.2. The van der Waals surface area contributed by atoms with Gasteiger partial charge >= 0.3 is 5.97 Å². The summed E-state index contributed by atoms with van der Waals surface area (Å²) in [5.74, 6) is 0.478. The summed E-state index contributed by atoms with van der Waals surface area (Å²) in [5, 5.41) is 0. The van der Waals surface area contributed by atoms with E-state index in [-0.39, 0.29) is 12.0 Å². The molecule has 4 aromatic carbocycles. The smallest absolute Gasteiger partial charge is 0.335 e. The number of benzene rings is 4. The molecule has 0 amide bonds. The molecule has 0 saturated carbocycles. The zero-order valence-corrected chi connectivity index (χ0v) is 26.6. The van der Waals surface area contributed by atoms with Crippen LogP contribution in [-0.2, 0) is 46.4 Å². The van der Waals surface area contributed by atoms with Crippen LogP contribution in [0.3, 0.4) is 0 Å². The number of esters is 1. The van der Waals surface area contributed by atoms with Crippen LogP contribution in [0.25, 0.3) is 0 Å². The van der Waals surface area contributed by atoms with Crippen molar-refractivity contribution in [2.45, 2.75) is 58.1 Å². The first-order chi connectivity index (χ1) is 21.5. The molecule has 1 aliphatic carbocycles. The molecule has 0 radical (unpaired) electrons. The number of fused-ring (bicyclic) bond motifs is 2. The van der Waals surface area contributed by atoms with Crippen LogP contribution in [0.4, 0.5) is 0 Å². The maximum atomic E-state index is 12.1. The third-order valence-electron chi connectivity index (χ3n) is 8.66. The highest BCUT2D eigenvalue weighted by Crippen LogP contribution is 2.37. The summed E-state index contributed by atoms with van der Waals surface area (Å²) in [5.41, 5.74) is 10.8. The fourth-order valence-electron chi connectivity index (χ4n) is 6.21. The van der Waals surface area contributed by atoms with Crippen LogP contribution in [0.1, 0.15) is 64.4 Å². The Bertz CT molecular complexity index is 1520. The van der Waals surface area contributed by atoms with Crippen molar-refractivity contribution in [2.24, 2.45) is 0 Å². The second-order valence-corrected chi connectivity index (χ2v) is 11.6. The number of hydrogen-bond donors (Lipinski definition) is 0. The molecule has 2 unspecified atom stereocenters. The van der Waals surface area contributed by atoms with Gasteiger partial charge in [0, 0.05) is 20.1 Å². The molecular weight excluding hydrogens is 546 g/mol. The quantitative estimate of drug-likeness (QED) is 0.155. The standard InChI is InChI=1S/C39H45NO4/c1-5-28-12-16-32-17-18-33-25-31(24-29-10-8-7-9-11-29)15-21-35(33)38(36(32)26-28)40(3)22-23-44-34-19-13-30(14-20-34)27-37(42-4)39(41)43-6-2/h7-16,19-21,25-26,37-38H,5-6,17-18,22-24,27H2,1-4H3. The van der Waals surface area contributed by atoms with Crippen molar-refractivity contribution in [1.82, 2.24) is 4.90 Å². The number of aryl methyl sites for hydroxylation is 3. The van der Waals surface area contributed by atoms with Gasteiger partial charge in [-0.3, -0.25) is 4.90 Å². The van der Waals surface area contributed by atoms with E-state index in [1.54, 1.807) is 6.92 Å². The lowest BCUT2D eigenvalue weighted by molar-refractivity contribution is -0.154. The van der Waals surface area contributed by atoms with E-state index in [2.05, 4.69) is 85.6 Å². The maximum absolute atomic E-state index is 12.1. The molecule has 0 heterocycles. The van der Waals surface area contributed by atoms with Gasteiger partial charge in [-0.25, -0.2) is 4.79 Å². The van der Waals surface area contributed by atoms with Gasteiger partial charge in [-0.1, -0.05) is 85.8 Å². The Morgan fingerprint density at radius 3 is 2.27 bits per heavy atom. The van der Waals surface area contributed by atoms with Gasteiger partial charge in [-0.05, 0) is 96.3 Å². The van der Waals surface area contributed by atoms with Gasteiger partial charge in [-0.2, -0.15) is 0 Å². The number of ether oxygens (including phenoxy) is 3. The monoisotopic (exact) mass is 591 g/mol. The molecule has 0 bridgehead atoms. The van der Waals surface area contributed by atoms with Gasteiger partial charge in [-0.15, -0.1) is 0 Å². The summed E-state index contributed by atoms with van der Waals surface area (Å²) >= 11 is 0. The summed E-state index contributed by atoms with van der Waals surface area (Å²) in [6, 6.07) is 33.0. The lowest BCUT2D eigenvalue weighted by Gasteiger charge is -2.31. The number of methoxy groups -OCH3 is 1. The summed E-state index contributed by atoms with van der Waals surface area (Å²) in [4.78, 5) is 14.5. The summed E-state index contributed by atoms with van der Waals surface area (Å²) in [6.07, 6.45) is 3.92. The summed E-state index contributed by atoms with van der Waals surface area (Å²) in [7, 11) is 3.75. The first kappa shape index (κ1) is 31.5. The van der Waals surface area contributed by atoms with E-state index in [1.807, 2.05) is 24.3 Å². The molecular formula is C39H45NO4. The van der Waals surface area contributed by atoms with E-state index in [0.717, 1.165) is 43.5 Å². The van der Waals surface area contributed by atoms with Crippen LogP contribution in [0.15, 0.2) is 91.0 Å². The van der Waals surface area contributed by atoms with Crippen LogP contribution < -0.4 is 4.74 Å². The lowest BCUT2D eigenvalue weighted by atomic mass is 9.90. The Hall–Kier alpha value is -3.93. The molecule has 0 saturated heterocycles. The Labute approximate surface area is 262 Å². The molecule has 44 heavy (non-hydrogen) atoms. The van der Waals surface area contributed by atoms with Gasteiger partial charge in [0.1, 0.15) is 12.4 Å². The minimum absolute atomic E-state index is 0.166. The zero-order chi connectivity index (χ0) is 30.9. The SMILES string of the molecule is CCOC(=O)C(Cc1ccc(OCCN(C)C2c3ccc(Cc4ccccc4)cc3CCc3ccc(CC)cc32)cc1)OC. The molecule has 0 spiro atoms. The van der Waals surface area contributed by atoms with E-state index >= 15 is 0 Å². The molecule has 4 aromatic rings. The van der Waals surface area contributed by atoms with Gasteiger partial charge in [0.2, 0.25) is 0 Å². The molecule has 230 valence electrons. The van der Waals surface area contributed by atoms with Gasteiger partial charge < -0.3 is 14.2 Å². The fraction of sp³-hybridized carbons (Fsp3) is 0.359. The average Bonchev–Trinajstić information content (AvgIpc) is 3.21. The van der Waals surface area contributed by atoms with Crippen LogP contribution in [0.5, 0.6) is 5.75 Å². The first-order valence-corrected chi connectivity index (χ1v) is 15.9. The van der Waals surface area contributed by atoms with Crippen molar-refractivity contribution in [3.63, 3.8) is 0 Å². The molecule has 0 N–H and O–H groups in total. The molecule has 0 fully saturated rings. The highest BCUT2D eigenvalue weighted by Gasteiger charge is 2.27. The van der Waals surface area contributed by atoms with Crippen LogP contribution in [-0.4, -0.2) is 50.9 Å². The molecule has 5 rings (SSSR count).